The van der Waals surface area contributed by atoms with E-state index < -0.39 is 29.6 Å². The van der Waals surface area contributed by atoms with Gasteiger partial charge in [0.1, 0.15) is 17.3 Å². The summed E-state index contributed by atoms with van der Waals surface area (Å²) in [4.78, 5) is 52.0. The lowest BCUT2D eigenvalue weighted by atomic mass is 10.1. The standard InChI is InChI=1S/C23H26N4O5/c1-23(2,3)32-22(31)24-13-14-6-4-7-15(12-14)16-8-5-9-17(25-16)20(29)26-18-10-11-19(28)27-21(18)30/h4-9,12,18H,10-11,13H2,1-3H3,(H,24,31)(H,26,29)(H,27,28,30). The Morgan fingerprint density at radius 3 is 2.62 bits per heavy atom. The third-order valence-corrected chi connectivity index (χ3v) is 4.58. The number of benzene rings is 1. The van der Waals surface area contributed by atoms with E-state index in [4.69, 9.17) is 4.74 Å². The monoisotopic (exact) mass is 438 g/mol. The lowest BCUT2D eigenvalue weighted by molar-refractivity contribution is -0.134. The van der Waals surface area contributed by atoms with E-state index in [0.29, 0.717) is 5.69 Å². The number of imide groups is 1. The van der Waals surface area contributed by atoms with Gasteiger partial charge in [-0.2, -0.15) is 0 Å². The number of pyridine rings is 1. The zero-order valence-corrected chi connectivity index (χ0v) is 18.2. The smallest absolute Gasteiger partial charge is 0.407 e. The number of rotatable bonds is 5. The number of nitrogens with one attached hydrogen (secondary N) is 3. The van der Waals surface area contributed by atoms with Gasteiger partial charge < -0.3 is 15.4 Å². The molecule has 0 aliphatic carbocycles. The first-order valence-electron chi connectivity index (χ1n) is 10.3. The zero-order chi connectivity index (χ0) is 23.3. The number of carbonyl (C=O) groups is 4. The van der Waals surface area contributed by atoms with E-state index in [1.807, 2.05) is 24.3 Å². The summed E-state index contributed by atoms with van der Waals surface area (Å²) in [6.45, 7) is 5.66. The van der Waals surface area contributed by atoms with Crippen LogP contribution in [0, 0.1) is 0 Å². The highest BCUT2D eigenvalue weighted by Gasteiger charge is 2.28. The summed E-state index contributed by atoms with van der Waals surface area (Å²) in [6, 6.07) is 11.7. The molecule has 4 amide bonds. The third kappa shape index (κ3) is 6.37. The summed E-state index contributed by atoms with van der Waals surface area (Å²) in [5, 5.41) is 7.54. The van der Waals surface area contributed by atoms with Crippen LogP contribution in [0.3, 0.4) is 0 Å². The number of hydrogen-bond acceptors (Lipinski definition) is 6. The largest absolute Gasteiger partial charge is 0.444 e. The minimum absolute atomic E-state index is 0.157. The van der Waals surface area contributed by atoms with Crippen LogP contribution in [-0.2, 0) is 20.9 Å². The molecule has 1 fully saturated rings. The van der Waals surface area contributed by atoms with Gasteiger partial charge in [0, 0.05) is 18.5 Å². The van der Waals surface area contributed by atoms with Crippen LogP contribution >= 0.6 is 0 Å². The molecule has 1 aromatic carbocycles. The summed E-state index contributed by atoms with van der Waals surface area (Å²) in [5.41, 5.74) is 1.76. The van der Waals surface area contributed by atoms with E-state index in [2.05, 4.69) is 20.9 Å². The van der Waals surface area contributed by atoms with Crippen LogP contribution in [0.1, 0.15) is 49.7 Å². The SMILES string of the molecule is CC(C)(C)OC(=O)NCc1cccc(-c2cccc(C(=O)NC3CCC(=O)NC3=O)n2)c1. The van der Waals surface area contributed by atoms with Crippen LogP contribution in [0.25, 0.3) is 11.3 Å². The van der Waals surface area contributed by atoms with Crippen LogP contribution < -0.4 is 16.0 Å². The molecule has 9 heteroatoms. The van der Waals surface area contributed by atoms with E-state index in [9.17, 15) is 19.2 Å². The lowest BCUT2D eigenvalue weighted by Crippen LogP contribution is -2.52. The fourth-order valence-corrected chi connectivity index (χ4v) is 3.11. The first-order valence-corrected chi connectivity index (χ1v) is 10.3. The Labute approximate surface area is 185 Å². The number of alkyl carbamates (subject to hydrolysis) is 1. The van der Waals surface area contributed by atoms with Crippen LogP contribution in [0.15, 0.2) is 42.5 Å². The van der Waals surface area contributed by atoms with Gasteiger partial charge in [-0.25, -0.2) is 9.78 Å². The van der Waals surface area contributed by atoms with Gasteiger partial charge in [-0.05, 0) is 51.0 Å². The molecule has 1 aliphatic rings. The molecule has 3 N–H and O–H groups in total. The van der Waals surface area contributed by atoms with E-state index >= 15 is 0 Å². The Bertz CT molecular complexity index is 1040. The van der Waals surface area contributed by atoms with Crippen LogP contribution in [0.5, 0.6) is 0 Å². The van der Waals surface area contributed by atoms with Crippen molar-refractivity contribution in [2.24, 2.45) is 0 Å². The molecule has 1 aromatic heterocycles. The normalized spacial score (nSPS) is 16.2. The maximum Gasteiger partial charge on any atom is 0.407 e. The predicted molar refractivity (Wildman–Crippen MR) is 116 cm³/mol. The molecule has 1 aliphatic heterocycles. The van der Waals surface area contributed by atoms with Crippen molar-refractivity contribution in [3.05, 3.63) is 53.7 Å². The molecule has 1 atom stereocenters. The summed E-state index contributed by atoms with van der Waals surface area (Å²) >= 11 is 0. The van der Waals surface area contributed by atoms with Crippen LogP contribution in [0.2, 0.25) is 0 Å². The fourth-order valence-electron chi connectivity index (χ4n) is 3.11. The van der Waals surface area contributed by atoms with E-state index in [0.717, 1.165) is 11.1 Å². The Kier molecular flexibility index (Phi) is 6.87. The van der Waals surface area contributed by atoms with Gasteiger partial charge in [0.25, 0.3) is 5.91 Å². The van der Waals surface area contributed by atoms with Crippen molar-refractivity contribution in [3.63, 3.8) is 0 Å². The average molecular weight is 438 g/mol. The van der Waals surface area contributed by atoms with Crippen LogP contribution in [-0.4, -0.2) is 40.4 Å². The maximum absolute atomic E-state index is 12.6. The quantitative estimate of drug-likeness (QED) is 0.615. The van der Waals surface area contributed by atoms with Crippen molar-refractivity contribution >= 4 is 23.8 Å². The second-order valence-corrected chi connectivity index (χ2v) is 8.44. The van der Waals surface area contributed by atoms with E-state index in [-0.39, 0.29) is 31.0 Å². The molecule has 32 heavy (non-hydrogen) atoms. The highest BCUT2D eigenvalue weighted by atomic mass is 16.6. The number of hydrogen-bond donors (Lipinski definition) is 3. The number of piperidine rings is 1. The Morgan fingerprint density at radius 1 is 1.16 bits per heavy atom. The fraction of sp³-hybridized carbons (Fsp3) is 0.348. The van der Waals surface area contributed by atoms with Crippen LogP contribution in [0.4, 0.5) is 4.79 Å². The lowest BCUT2D eigenvalue weighted by Gasteiger charge is -2.21. The van der Waals surface area contributed by atoms with Crippen molar-refractivity contribution in [2.75, 3.05) is 0 Å². The first-order chi connectivity index (χ1) is 15.1. The summed E-state index contributed by atoms with van der Waals surface area (Å²) in [5.74, 6) is -1.36. The molecule has 1 saturated heterocycles. The van der Waals surface area contributed by atoms with E-state index in [1.165, 1.54) is 0 Å². The average Bonchev–Trinajstić information content (AvgIpc) is 2.73. The molecular weight excluding hydrogens is 412 g/mol. The van der Waals surface area contributed by atoms with Crippen molar-refractivity contribution in [2.45, 2.75) is 51.8 Å². The molecule has 2 aromatic rings. The second-order valence-electron chi connectivity index (χ2n) is 8.44. The van der Waals surface area contributed by atoms with E-state index in [1.54, 1.807) is 39.0 Å². The number of aromatic nitrogens is 1. The minimum atomic E-state index is -0.770. The maximum atomic E-state index is 12.6. The predicted octanol–water partition coefficient (Wildman–Crippen LogP) is 2.31. The Hall–Kier alpha value is -3.75. The third-order valence-electron chi connectivity index (χ3n) is 4.58. The Balaban J connectivity index is 1.67. The minimum Gasteiger partial charge on any atom is -0.444 e. The molecule has 2 heterocycles. The molecule has 9 nitrogen and oxygen atoms in total. The molecular formula is C23H26N4O5. The summed E-state index contributed by atoms with van der Waals surface area (Å²) in [6.07, 6.45) is -0.0787. The molecule has 0 bridgehead atoms. The molecule has 0 saturated carbocycles. The number of amides is 4. The summed E-state index contributed by atoms with van der Waals surface area (Å²) < 4.78 is 5.24. The van der Waals surface area contributed by atoms with Gasteiger partial charge in [-0.3, -0.25) is 19.7 Å². The number of ether oxygens (including phenoxy) is 1. The van der Waals surface area contributed by atoms with Crippen molar-refractivity contribution in [1.29, 1.82) is 0 Å². The molecule has 0 radical (unpaired) electrons. The molecule has 3 rings (SSSR count). The highest BCUT2D eigenvalue weighted by Crippen LogP contribution is 2.19. The zero-order valence-electron chi connectivity index (χ0n) is 18.2. The number of carbonyl (C=O) groups excluding carboxylic acids is 4. The molecule has 1 unspecified atom stereocenters. The van der Waals surface area contributed by atoms with Crippen molar-refractivity contribution in [3.8, 4) is 11.3 Å². The van der Waals surface area contributed by atoms with Gasteiger partial charge in [0.2, 0.25) is 11.8 Å². The molecule has 168 valence electrons. The van der Waals surface area contributed by atoms with Crippen molar-refractivity contribution in [1.82, 2.24) is 20.9 Å². The van der Waals surface area contributed by atoms with Gasteiger partial charge in [0.15, 0.2) is 0 Å². The number of nitrogens with zero attached hydrogens (tertiary/aromatic N) is 1. The second kappa shape index (κ2) is 9.59. The summed E-state index contributed by atoms with van der Waals surface area (Å²) in [7, 11) is 0. The first kappa shape index (κ1) is 22.9. The molecule has 0 spiro atoms. The van der Waals surface area contributed by atoms with Gasteiger partial charge in [-0.15, -0.1) is 0 Å². The Morgan fingerprint density at radius 2 is 1.91 bits per heavy atom. The van der Waals surface area contributed by atoms with Gasteiger partial charge in [-0.1, -0.05) is 24.3 Å². The van der Waals surface area contributed by atoms with Gasteiger partial charge >= 0.3 is 6.09 Å². The topological polar surface area (TPSA) is 126 Å². The van der Waals surface area contributed by atoms with Gasteiger partial charge in [0.05, 0.1) is 5.69 Å². The highest BCUT2D eigenvalue weighted by molar-refractivity contribution is 6.03. The van der Waals surface area contributed by atoms with Crippen molar-refractivity contribution < 1.29 is 23.9 Å².